The fourth-order valence-corrected chi connectivity index (χ4v) is 4.95. The van der Waals surface area contributed by atoms with E-state index >= 15 is 0 Å². The van der Waals surface area contributed by atoms with Gasteiger partial charge in [-0.15, -0.1) is 0 Å². The van der Waals surface area contributed by atoms with E-state index in [1.807, 2.05) is 0 Å². The zero-order valence-electron chi connectivity index (χ0n) is 13.4. The van der Waals surface area contributed by atoms with Gasteiger partial charge in [0.05, 0.1) is 11.5 Å². The normalized spacial score (nSPS) is 24.0. The molecule has 0 bridgehead atoms. The van der Waals surface area contributed by atoms with Crippen LogP contribution in [0.1, 0.15) is 6.42 Å². The van der Waals surface area contributed by atoms with Gasteiger partial charge in [-0.1, -0.05) is 12.1 Å². The number of sulfone groups is 1. The van der Waals surface area contributed by atoms with Crippen LogP contribution in [0.25, 0.3) is 0 Å². The second-order valence-corrected chi connectivity index (χ2v) is 8.42. The standard InChI is InChI=1S/C16H21FN2O4S/c17-14-3-1-2-4-15(14)23-11-16(20)19-8-6-18(7-9-19)13-5-10-24(21,22)12-13/h1-4,13H,5-12H2/t13-/m0/s1. The van der Waals surface area contributed by atoms with Crippen molar-refractivity contribution in [1.29, 1.82) is 0 Å². The molecule has 0 spiro atoms. The minimum absolute atomic E-state index is 0.0700. The van der Waals surface area contributed by atoms with Crippen LogP contribution in [0.5, 0.6) is 5.75 Å². The Morgan fingerprint density at radius 1 is 1.21 bits per heavy atom. The largest absolute Gasteiger partial charge is 0.481 e. The monoisotopic (exact) mass is 356 g/mol. The third kappa shape index (κ3) is 4.05. The van der Waals surface area contributed by atoms with Gasteiger partial charge in [-0.3, -0.25) is 9.69 Å². The van der Waals surface area contributed by atoms with Crippen molar-refractivity contribution in [2.45, 2.75) is 12.5 Å². The Balaban J connectivity index is 1.46. The maximum absolute atomic E-state index is 13.5. The summed E-state index contributed by atoms with van der Waals surface area (Å²) in [6, 6.07) is 6.06. The molecule has 2 fully saturated rings. The molecule has 0 aromatic heterocycles. The minimum Gasteiger partial charge on any atom is -0.481 e. The van der Waals surface area contributed by atoms with Crippen LogP contribution >= 0.6 is 0 Å². The molecule has 2 heterocycles. The molecule has 24 heavy (non-hydrogen) atoms. The lowest BCUT2D eigenvalue weighted by Crippen LogP contribution is -2.53. The number of rotatable bonds is 4. The van der Waals surface area contributed by atoms with E-state index in [-0.39, 0.29) is 35.8 Å². The second-order valence-electron chi connectivity index (χ2n) is 6.19. The summed E-state index contributed by atoms with van der Waals surface area (Å²) in [5, 5.41) is 0. The summed E-state index contributed by atoms with van der Waals surface area (Å²) in [5.74, 6) is -0.125. The van der Waals surface area contributed by atoms with Gasteiger partial charge in [0.1, 0.15) is 0 Å². The molecule has 0 radical (unpaired) electrons. The Hall–Kier alpha value is -1.67. The second kappa shape index (κ2) is 7.06. The van der Waals surface area contributed by atoms with Crippen molar-refractivity contribution in [3.63, 3.8) is 0 Å². The maximum Gasteiger partial charge on any atom is 0.260 e. The van der Waals surface area contributed by atoms with Gasteiger partial charge in [-0.05, 0) is 18.6 Å². The van der Waals surface area contributed by atoms with Crippen molar-refractivity contribution in [2.24, 2.45) is 0 Å². The Bertz CT molecular complexity index is 702. The Labute approximate surface area is 141 Å². The highest BCUT2D eigenvalue weighted by Gasteiger charge is 2.34. The quantitative estimate of drug-likeness (QED) is 0.788. The molecule has 0 aliphatic carbocycles. The number of nitrogens with zero attached hydrogens (tertiary/aromatic N) is 2. The van der Waals surface area contributed by atoms with Crippen LogP contribution in [-0.4, -0.2) is 74.5 Å². The van der Waals surface area contributed by atoms with Crippen molar-refractivity contribution in [3.05, 3.63) is 30.1 Å². The van der Waals surface area contributed by atoms with Crippen LogP contribution in [0, 0.1) is 5.82 Å². The molecule has 6 nitrogen and oxygen atoms in total. The molecule has 2 aliphatic rings. The number of carbonyl (C=O) groups excluding carboxylic acids is 1. The smallest absolute Gasteiger partial charge is 0.260 e. The number of amides is 1. The molecule has 8 heteroatoms. The SMILES string of the molecule is O=C(COc1ccccc1F)N1CCN([C@H]2CCS(=O)(=O)C2)CC1. The van der Waals surface area contributed by atoms with Crippen molar-refractivity contribution in [3.8, 4) is 5.75 Å². The molecule has 1 amide bonds. The third-order valence-corrected chi connectivity index (χ3v) is 6.33. The maximum atomic E-state index is 13.5. The van der Waals surface area contributed by atoms with E-state index in [2.05, 4.69) is 4.90 Å². The van der Waals surface area contributed by atoms with Crippen molar-refractivity contribution < 1.29 is 22.3 Å². The fraction of sp³-hybridized carbons (Fsp3) is 0.562. The lowest BCUT2D eigenvalue weighted by Gasteiger charge is -2.37. The predicted octanol–water partition coefficient (Wildman–Crippen LogP) is 0.536. The summed E-state index contributed by atoms with van der Waals surface area (Å²) in [5.41, 5.74) is 0. The number of halogens is 1. The zero-order chi connectivity index (χ0) is 17.2. The fourth-order valence-electron chi connectivity index (χ4n) is 3.19. The third-order valence-electron chi connectivity index (χ3n) is 4.58. The number of hydrogen-bond donors (Lipinski definition) is 0. The van der Waals surface area contributed by atoms with Crippen LogP contribution in [0.3, 0.4) is 0 Å². The topological polar surface area (TPSA) is 66.9 Å². The molecule has 0 unspecified atom stereocenters. The number of ether oxygens (including phenoxy) is 1. The summed E-state index contributed by atoms with van der Waals surface area (Å²) in [6.45, 7) is 2.20. The van der Waals surface area contributed by atoms with E-state index in [1.54, 1.807) is 17.0 Å². The first-order valence-corrected chi connectivity index (χ1v) is 9.86. The van der Waals surface area contributed by atoms with Crippen LogP contribution in [0.2, 0.25) is 0 Å². The van der Waals surface area contributed by atoms with E-state index in [1.165, 1.54) is 12.1 Å². The first kappa shape index (κ1) is 17.2. The van der Waals surface area contributed by atoms with E-state index < -0.39 is 15.7 Å². The molecule has 1 atom stereocenters. The zero-order valence-corrected chi connectivity index (χ0v) is 14.2. The molecule has 2 aliphatic heterocycles. The van der Waals surface area contributed by atoms with Crippen molar-refractivity contribution >= 4 is 15.7 Å². The number of benzene rings is 1. The van der Waals surface area contributed by atoms with E-state index in [9.17, 15) is 17.6 Å². The van der Waals surface area contributed by atoms with Gasteiger partial charge in [0.2, 0.25) is 0 Å². The van der Waals surface area contributed by atoms with Gasteiger partial charge in [0, 0.05) is 32.2 Å². The average Bonchev–Trinajstić information content (AvgIpc) is 2.94. The van der Waals surface area contributed by atoms with E-state index in [0.717, 1.165) is 0 Å². The van der Waals surface area contributed by atoms with Gasteiger partial charge >= 0.3 is 0 Å². The van der Waals surface area contributed by atoms with Gasteiger partial charge in [-0.25, -0.2) is 12.8 Å². The van der Waals surface area contributed by atoms with Crippen LogP contribution < -0.4 is 4.74 Å². The lowest BCUT2D eigenvalue weighted by molar-refractivity contribution is -0.135. The molecule has 132 valence electrons. The van der Waals surface area contributed by atoms with Crippen LogP contribution in [-0.2, 0) is 14.6 Å². The number of hydrogen-bond acceptors (Lipinski definition) is 5. The molecule has 3 rings (SSSR count). The lowest BCUT2D eigenvalue weighted by atomic mass is 10.2. The van der Waals surface area contributed by atoms with Crippen molar-refractivity contribution in [1.82, 2.24) is 9.80 Å². The molecule has 0 N–H and O–H groups in total. The molecule has 1 aromatic carbocycles. The van der Waals surface area contributed by atoms with Gasteiger partial charge in [-0.2, -0.15) is 0 Å². The summed E-state index contributed by atoms with van der Waals surface area (Å²) in [6.07, 6.45) is 0.673. The first-order chi connectivity index (χ1) is 11.4. The average molecular weight is 356 g/mol. The molecular formula is C16H21FN2O4S. The van der Waals surface area contributed by atoms with E-state index in [4.69, 9.17) is 4.74 Å². The van der Waals surface area contributed by atoms with Gasteiger partial charge < -0.3 is 9.64 Å². The summed E-state index contributed by atoms with van der Waals surface area (Å²) < 4.78 is 41.8. The predicted molar refractivity (Wildman–Crippen MR) is 87.1 cm³/mol. The Kier molecular flexibility index (Phi) is 5.05. The van der Waals surface area contributed by atoms with Crippen molar-refractivity contribution in [2.75, 3.05) is 44.3 Å². The highest BCUT2D eigenvalue weighted by atomic mass is 32.2. The van der Waals surface area contributed by atoms with Gasteiger partial charge in [0.15, 0.2) is 28.0 Å². The number of carbonyl (C=O) groups is 1. The molecule has 0 saturated carbocycles. The minimum atomic E-state index is -2.90. The summed E-state index contributed by atoms with van der Waals surface area (Å²) in [4.78, 5) is 16.0. The number of para-hydroxylation sites is 1. The highest BCUT2D eigenvalue weighted by Crippen LogP contribution is 2.19. The summed E-state index contributed by atoms with van der Waals surface area (Å²) in [7, 11) is -2.90. The molecular weight excluding hydrogens is 335 g/mol. The first-order valence-electron chi connectivity index (χ1n) is 8.04. The Morgan fingerprint density at radius 2 is 1.92 bits per heavy atom. The van der Waals surface area contributed by atoms with Gasteiger partial charge in [0.25, 0.3) is 5.91 Å². The molecule has 2 saturated heterocycles. The number of piperazine rings is 1. The molecule has 1 aromatic rings. The van der Waals surface area contributed by atoms with E-state index in [0.29, 0.717) is 32.6 Å². The van der Waals surface area contributed by atoms with Crippen LogP contribution in [0.15, 0.2) is 24.3 Å². The van der Waals surface area contributed by atoms with Crippen LogP contribution in [0.4, 0.5) is 4.39 Å². The highest BCUT2D eigenvalue weighted by molar-refractivity contribution is 7.91. The summed E-state index contributed by atoms with van der Waals surface area (Å²) >= 11 is 0. The Morgan fingerprint density at radius 3 is 2.54 bits per heavy atom.